The van der Waals surface area contributed by atoms with Crippen LogP contribution in [-0.4, -0.2) is 67.8 Å². The second kappa shape index (κ2) is 9.00. The molecule has 0 aliphatic carbocycles. The van der Waals surface area contributed by atoms with Gasteiger partial charge in [-0.1, -0.05) is 0 Å². The Morgan fingerprint density at radius 1 is 1.12 bits per heavy atom. The van der Waals surface area contributed by atoms with Crippen LogP contribution < -0.4 is 4.74 Å². The van der Waals surface area contributed by atoms with Crippen LogP contribution in [0, 0.1) is 0 Å². The van der Waals surface area contributed by atoms with E-state index in [4.69, 9.17) is 14.3 Å². The van der Waals surface area contributed by atoms with Crippen molar-refractivity contribution in [2.75, 3.05) is 40.0 Å². The lowest BCUT2D eigenvalue weighted by Crippen LogP contribution is -2.43. The lowest BCUT2D eigenvalue weighted by molar-refractivity contribution is -0.144. The lowest BCUT2D eigenvalue weighted by atomic mass is 10.1. The summed E-state index contributed by atoms with van der Waals surface area (Å²) < 4.78 is 10.9. The highest BCUT2D eigenvalue weighted by molar-refractivity contribution is 5.93. The van der Waals surface area contributed by atoms with E-state index in [1.807, 2.05) is 17.0 Å². The Hall–Kier alpha value is -2.12. The van der Waals surface area contributed by atoms with Gasteiger partial charge in [0.15, 0.2) is 0 Å². The van der Waals surface area contributed by atoms with Crippen molar-refractivity contribution >= 4 is 11.8 Å². The van der Waals surface area contributed by atoms with Gasteiger partial charge in [-0.25, -0.2) is 5.06 Å². The number of ether oxygens (including phenoxy) is 2. The predicted octanol–water partition coefficient (Wildman–Crippen LogP) is 1.87. The standard InChI is InChI=1S/C19H26N2O5/c1-24-14-18(22)20-11-8-17(9-12-20)26-16-6-4-15(5-7-16)19(23)21-10-2-3-13-25-21/h4-7,17H,2-3,8-14H2,1H3. The molecule has 0 N–H and O–H groups in total. The van der Waals surface area contributed by atoms with Crippen LogP contribution in [-0.2, 0) is 14.4 Å². The van der Waals surface area contributed by atoms with Crippen molar-refractivity contribution in [1.29, 1.82) is 0 Å². The first-order valence-electron chi connectivity index (χ1n) is 9.15. The summed E-state index contributed by atoms with van der Waals surface area (Å²) in [4.78, 5) is 31.4. The molecular formula is C19H26N2O5. The van der Waals surface area contributed by atoms with Crippen molar-refractivity contribution in [2.45, 2.75) is 31.8 Å². The molecule has 2 saturated heterocycles. The third-order valence-electron chi connectivity index (χ3n) is 4.70. The molecule has 0 saturated carbocycles. The van der Waals surface area contributed by atoms with Gasteiger partial charge in [-0.05, 0) is 37.1 Å². The van der Waals surface area contributed by atoms with Crippen LogP contribution in [0.1, 0.15) is 36.0 Å². The summed E-state index contributed by atoms with van der Waals surface area (Å²) in [6.07, 6.45) is 3.62. The number of nitrogens with zero attached hydrogens (tertiary/aromatic N) is 2. The Kier molecular flexibility index (Phi) is 6.46. The summed E-state index contributed by atoms with van der Waals surface area (Å²) >= 11 is 0. The highest BCUT2D eigenvalue weighted by Gasteiger charge is 2.24. The van der Waals surface area contributed by atoms with Crippen molar-refractivity contribution in [3.8, 4) is 5.75 Å². The molecule has 0 spiro atoms. The monoisotopic (exact) mass is 362 g/mol. The quantitative estimate of drug-likeness (QED) is 0.800. The van der Waals surface area contributed by atoms with E-state index in [-0.39, 0.29) is 24.5 Å². The van der Waals surface area contributed by atoms with Crippen LogP contribution >= 0.6 is 0 Å². The average molecular weight is 362 g/mol. The van der Waals surface area contributed by atoms with Crippen LogP contribution in [0.2, 0.25) is 0 Å². The normalized spacial score (nSPS) is 18.7. The molecule has 1 aromatic rings. The first-order valence-corrected chi connectivity index (χ1v) is 9.15. The topological polar surface area (TPSA) is 68.3 Å². The van der Waals surface area contributed by atoms with Crippen LogP contribution in [0.3, 0.4) is 0 Å². The molecule has 2 heterocycles. The summed E-state index contributed by atoms with van der Waals surface area (Å²) in [5, 5.41) is 1.44. The maximum absolute atomic E-state index is 12.4. The first-order chi connectivity index (χ1) is 12.7. The summed E-state index contributed by atoms with van der Waals surface area (Å²) in [6.45, 7) is 2.71. The summed E-state index contributed by atoms with van der Waals surface area (Å²) in [6, 6.07) is 7.18. The number of methoxy groups -OCH3 is 1. The number of carbonyl (C=O) groups excluding carboxylic acids is 2. The fraction of sp³-hybridized carbons (Fsp3) is 0.579. The zero-order chi connectivity index (χ0) is 18.4. The number of amides is 2. The lowest BCUT2D eigenvalue weighted by Gasteiger charge is -2.32. The molecule has 7 nitrogen and oxygen atoms in total. The molecule has 0 bridgehead atoms. The Labute approximate surface area is 153 Å². The van der Waals surface area contributed by atoms with Gasteiger partial charge in [-0.3, -0.25) is 14.4 Å². The molecule has 0 unspecified atom stereocenters. The Morgan fingerprint density at radius 2 is 1.85 bits per heavy atom. The molecule has 142 valence electrons. The molecule has 26 heavy (non-hydrogen) atoms. The number of carbonyl (C=O) groups is 2. The molecule has 2 aliphatic heterocycles. The van der Waals surface area contributed by atoms with E-state index in [2.05, 4.69) is 0 Å². The van der Waals surface area contributed by atoms with Crippen molar-refractivity contribution in [3.63, 3.8) is 0 Å². The molecule has 2 amide bonds. The summed E-state index contributed by atoms with van der Waals surface area (Å²) in [5.74, 6) is 0.651. The zero-order valence-electron chi connectivity index (χ0n) is 15.2. The van der Waals surface area contributed by atoms with E-state index in [0.717, 1.165) is 31.4 Å². The third-order valence-corrected chi connectivity index (χ3v) is 4.70. The van der Waals surface area contributed by atoms with Gasteiger partial charge in [0.2, 0.25) is 5.91 Å². The fourth-order valence-electron chi connectivity index (χ4n) is 3.21. The van der Waals surface area contributed by atoms with Gasteiger partial charge in [0.05, 0.1) is 6.61 Å². The molecule has 2 fully saturated rings. The van der Waals surface area contributed by atoms with Gasteiger partial charge in [0, 0.05) is 45.1 Å². The van der Waals surface area contributed by atoms with Gasteiger partial charge < -0.3 is 14.4 Å². The van der Waals surface area contributed by atoms with E-state index in [1.54, 1.807) is 12.1 Å². The molecule has 3 rings (SSSR count). The number of hydrogen-bond donors (Lipinski definition) is 0. The number of likely N-dealkylation sites (tertiary alicyclic amines) is 1. The molecule has 0 atom stereocenters. The molecule has 7 heteroatoms. The second-order valence-corrected chi connectivity index (χ2v) is 6.60. The van der Waals surface area contributed by atoms with E-state index >= 15 is 0 Å². The van der Waals surface area contributed by atoms with Gasteiger partial charge in [0.1, 0.15) is 18.5 Å². The maximum atomic E-state index is 12.4. The van der Waals surface area contributed by atoms with E-state index in [0.29, 0.717) is 31.8 Å². The number of rotatable bonds is 5. The van der Waals surface area contributed by atoms with Crippen molar-refractivity contribution in [3.05, 3.63) is 29.8 Å². The average Bonchev–Trinajstić information content (AvgIpc) is 2.69. The fourth-order valence-corrected chi connectivity index (χ4v) is 3.21. The van der Waals surface area contributed by atoms with Crippen molar-refractivity contribution < 1.29 is 23.9 Å². The Bertz CT molecular complexity index is 605. The van der Waals surface area contributed by atoms with Crippen LogP contribution in [0.15, 0.2) is 24.3 Å². The second-order valence-electron chi connectivity index (χ2n) is 6.60. The Balaban J connectivity index is 1.49. The molecule has 1 aromatic carbocycles. The van der Waals surface area contributed by atoms with E-state index < -0.39 is 0 Å². The molecular weight excluding hydrogens is 336 g/mol. The van der Waals surface area contributed by atoms with Crippen LogP contribution in [0.4, 0.5) is 0 Å². The highest BCUT2D eigenvalue weighted by atomic mass is 16.7. The minimum Gasteiger partial charge on any atom is -0.490 e. The largest absolute Gasteiger partial charge is 0.490 e. The molecule has 0 radical (unpaired) electrons. The molecule has 0 aromatic heterocycles. The van der Waals surface area contributed by atoms with Crippen LogP contribution in [0.5, 0.6) is 5.75 Å². The third kappa shape index (κ3) is 4.74. The summed E-state index contributed by atoms with van der Waals surface area (Å²) in [7, 11) is 1.53. The van der Waals surface area contributed by atoms with Crippen LogP contribution in [0.25, 0.3) is 0 Å². The molecule has 2 aliphatic rings. The van der Waals surface area contributed by atoms with E-state index in [9.17, 15) is 9.59 Å². The van der Waals surface area contributed by atoms with Gasteiger partial charge in [-0.15, -0.1) is 0 Å². The van der Waals surface area contributed by atoms with E-state index in [1.165, 1.54) is 12.2 Å². The zero-order valence-corrected chi connectivity index (χ0v) is 15.2. The van der Waals surface area contributed by atoms with Gasteiger partial charge in [0.25, 0.3) is 5.91 Å². The van der Waals surface area contributed by atoms with Crippen molar-refractivity contribution in [1.82, 2.24) is 9.96 Å². The predicted molar refractivity (Wildman–Crippen MR) is 94.8 cm³/mol. The smallest absolute Gasteiger partial charge is 0.277 e. The van der Waals surface area contributed by atoms with Gasteiger partial charge >= 0.3 is 0 Å². The number of piperidine rings is 1. The Morgan fingerprint density at radius 3 is 2.46 bits per heavy atom. The maximum Gasteiger partial charge on any atom is 0.277 e. The number of hydrogen-bond acceptors (Lipinski definition) is 5. The minimum absolute atomic E-state index is 0.0220. The minimum atomic E-state index is -0.110. The first kappa shape index (κ1) is 18.7. The highest BCUT2D eigenvalue weighted by Crippen LogP contribution is 2.21. The number of hydroxylamine groups is 2. The van der Waals surface area contributed by atoms with Gasteiger partial charge in [-0.2, -0.15) is 0 Å². The summed E-state index contributed by atoms with van der Waals surface area (Å²) in [5.41, 5.74) is 0.597. The number of benzene rings is 1. The SMILES string of the molecule is COCC(=O)N1CCC(Oc2ccc(C(=O)N3CCCCO3)cc2)CC1. The van der Waals surface area contributed by atoms with Crippen molar-refractivity contribution in [2.24, 2.45) is 0 Å².